The Kier molecular flexibility index (Phi) is 6.97. The third kappa shape index (κ3) is 5.20. The standard InChI is InChI=1S/C20H24N2O3S/c1-5-25-19(23)16-7-6-13(2)18(12-16)22-20(26)21-14(3)15-8-10-17(24-4)11-9-15/h6-12,14H,5H2,1-4H3,(H2,21,22,26). The number of rotatable bonds is 6. The van der Waals surface area contributed by atoms with Crippen LogP contribution >= 0.6 is 12.2 Å². The summed E-state index contributed by atoms with van der Waals surface area (Å²) in [6.45, 7) is 6.10. The Morgan fingerprint density at radius 1 is 1.19 bits per heavy atom. The molecule has 0 saturated heterocycles. The number of aryl methyl sites for hydroxylation is 1. The van der Waals surface area contributed by atoms with Crippen molar-refractivity contribution >= 4 is 29.0 Å². The van der Waals surface area contributed by atoms with E-state index in [0.717, 1.165) is 22.6 Å². The molecule has 2 aromatic carbocycles. The molecule has 26 heavy (non-hydrogen) atoms. The highest BCUT2D eigenvalue weighted by molar-refractivity contribution is 7.80. The van der Waals surface area contributed by atoms with E-state index in [-0.39, 0.29) is 12.0 Å². The maximum atomic E-state index is 11.9. The van der Waals surface area contributed by atoms with Gasteiger partial charge in [-0.3, -0.25) is 0 Å². The Morgan fingerprint density at radius 3 is 2.50 bits per heavy atom. The normalized spacial score (nSPS) is 11.4. The first kappa shape index (κ1) is 19.7. The highest BCUT2D eigenvalue weighted by Crippen LogP contribution is 2.20. The molecule has 0 fully saturated rings. The van der Waals surface area contributed by atoms with Gasteiger partial charge in [0.2, 0.25) is 0 Å². The van der Waals surface area contributed by atoms with E-state index < -0.39 is 0 Å². The number of carbonyl (C=O) groups excluding carboxylic acids is 1. The molecule has 1 atom stereocenters. The summed E-state index contributed by atoms with van der Waals surface area (Å²) in [5, 5.41) is 6.89. The molecule has 0 aromatic heterocycles. The molecular formula is C20H24N2O3S. The first-order valence-corrected chi connectivity index (χ1v) is 8.84. The molecule has 0 bridgehead atoms. The second kappa shape index (κ2) is 9.20. The van der Waals surface area contributed by atoms with E-state index in [2.05, 4.69) is 10.6 Å². The third-order valence-electron chi connectivity index (χ3n) is 3.96. The molecule has 0 radical (unpaired) electrons. The zero-order chi connectivity index (χ0) is 19.1. The van der Waals surface area contributed by atoms with Crippen LogP contribution in [0.3, 0.4) is 0 Å². The van der Waals surface area contributed by atoms with E-state index in [1.807, 2.05) is 44.2 Å². The average molecular weight is 372 g/mol. The fourth-order valence-corrected chi connectivity index (χ4v) is 2.72. The van der Waals surface area contributed by atoms with Gasteiger partial charge in [-0.2, -0.15) is 0 Å². The van der Waals surface area contributed by atoms with Gasteiger partial charge in [0.15, 0.2) is 5.11 Å². The van der Waals surface area contributed by atoms with Gasteiger partial charge in [-0.05, 0) is 68.4 Å². The fourth-order valence-electron chi connectivity index (χ4n) is 2.43. The van der Waals surface area contributed by atoms with E-state index >= 15 is 0 Å². The second-order valence-corrected chi connectivity index (χ2v) is 6.25. The minimum atomic E-state index is -0.346. The SMILES string of the molecule is CCOC(=O)c1ccc(C)c(NC(=S)NC(C)c2ccc(OC)cc2)c1. The van der Waals surface area contributed by atoms with E-state index in [1.165, 1.54) is 0 Å². The molecule has 0 amide bonds. The summed E-state index contributed by atoms with van der Waals surface area (Å²) in [6.07, 6.45) is 0. The molecule has 2 aromatic rings. The van der Waals surface area contributed by atoms with E-state index in [9.17, 15) is 4.79 Å². The van der Waals surface area contributed by atoms with Crippen LogP contribution in [0.5, 0.6) is 5.75 Å². The second-order valence-electron chi connectivity index (χ2n) is 5.84. The molecule has 0 spiro atoms. The van der Waals surface area contributed by atoms with Gasteiger partial charge in [0.1, 0.15) is 5.75 Å². The van der Waals surface area contributed by atoms with Crippen molar-refractivity contribution in [3.8, 4) is 5.75 Å². The number of nitrogens with one attached hydrogen (secondary N) is 2. The van der Waals surface area contributed by atoms with Gasteiger partial charge in [0, 0.05) is 5.69 Å². The smallest absolute Gasteiger partial charge is 0.338 e. The zero-order valence-corrected chi connectivity index (χ0v) is 16.3. The molecule has 0 aliphatic carbocycles. The number of hydrogen-bond donors (Lipinski definition) is 2. The van der Waals surface area contributed by atoms with E-state index in [0.29, 0.717) is 17.3 Å². The van der Waals surface area contributed by atoms with Crippen LogP contribution in [0.15, 0.2) is 42.5 Å². The molecular weight excluding hydrogens is 348 g/mol. The van der Waals surface area contributed by atoms with Crippen molar-refractivity contribution in [2.24, 2.45) is 0 Å². The van der Waals surface area contributed by atoms with Crippen molar-refractivity contribution in [2.75, 3.05) is 19.0 Å². The van der Waals surface area contributed by atoms with Gasteiger partial charge in [-0.15, -0.1) is 0 Å². The van der Waals surface area contributed by atoms with Crippen LogP contribution < -0.4 is 15.4 Å². The van der Waals surface area contributed by atoms with Crippen LogP contribution in [0.1, 0.15) is 41.4 Å². The molecule has 0 aliphatic rings. The first-order chi connectivity index (χ1) is 12.4. The molecule has 1 unspecified atom stereocenters. The summed E-state index contributed by atoms with van der Waals surface area (Å²) in [7, 11) is 1.64. The molecule has 5 nitrogen and oxygen atoms in total. The number of carbonyl (C=O) groups is 1. The Bertz CT molecular complexity index is 775. The molecule has 2 rings (SSSR count). The quantitative estimate of drug-likeness (QED) is 0.585. The van der Waals surface area contributed by atoms with Crippen LogP contribution in [0, 0.1) is 6.92 Å². The van der Waals surface area contributed by atoms with Gasteiger partial charge in [-0.25, -0.2) is 4.79 Å². The third-order valence-corrected chi connectivity index (χ3v) is 4.18. The lowest BCUT2D eigenvalue weighted by molar-refractivity contribution is 0.0526. The minimum Gasteiger partial charge on any atom is -0.497 e. The van der Waals surface area contributed by atoms with Crippen molar-refractivity contribution < 1.29 is 14.3 Å². The van der Waals surface area contributed by atoms with Gasteiger partial charge < -0.3 is 20.1 Å². The molecule has 0 aliphatic heterocycles. The van der Waals surface area contributed by atoms with Crippen LogP contribution in [0.2, 0.25) is 0 Å². The molecule has 138 valence electrons. The number of anilines is 1. The summed E-state index contributed by atoms with van der Waals surface area (Å²) in [4.78, 5) is 11.9. The van der Waals surface area contributed by atoms with E-state index in [1.54, 1.807) is 26.2 Å². The van der Waals surface area contributed by atoms with Crippen molar-refractivity contribution in [2.45, 2.75) is 26.8 Å². The van der Waals surface area contributed by atoms with Gasteiger partial charge in [-0.1, -0.05) is 18.2 Å². The lowest BCUT2D eigenvalue weighted by atomic mass is 10.1. The molecule has 0 saturated carbocycles. The molecule has 2 N–H and O–H groups in total. The summed E-state index contributed by atoms with van der Waals surface area (Å²) >= 11 is 5.42. The Balaban J connectivity index is 2.04. The maximum Gasteiger partial charge on any atom is 0.338 e. The topological polar surface area (TPSA) is 59.6 Å². The van der Waals surface area contributed by atoms with Crippen molar-refractivity contribution in [1.29, 1.82) is 0 Å². The van der Waals surface area contributed by atoms with Crippen LogP contribution in [-0.4, -0.2) is 24.8 Å². The van der Waals surface area contributed by atoms with Gasteiger partial charge >= 0.3 is 5.97 Å². The Hall–Kier alpha value is -2.60. The summed E-state index contributed by atoms with van der Waals surface area (Å²) in [5.74, 6) is 0.467. The average Bonchev–Trinajstić information content (AvgIpc) is 2.63. The monoisotopic (exact) mass is 372 g/mol. The highest BCUT2D eigenvalue weighted by atomic mass is 32.1. The summed E-state index contributed by atoms with van der Waals surface area (Å²) < 4.78 is 10.2. The van der Waals surface area contributed by atoms with E-state index in [4.69, 9.17) is 21.7 Å². The minimum absolute atomic E-state index is 0.0226. The number of ether oxygens (including phenoxy) is 2. The summed E-state index contributed by atoms with van der Waals surface area (Å²) in [6, 6.07) is 13.2. The number of esters is 1. The zero-order valence-electron chi connectivity index (χ0n) is 15.5. The number of thiocarbonyl (C=S) groups is 1. The van der Waals surface area contributed by atoms with Crippen LogP contribution in [0.4, 0.5) is 5.69 Å². The number of hydrogen-bond acceptors (Lipinski definition) is 4. The number of methoxy groups -OCH3 is 1. The van der Waals surface area contributed by atoms with Crippen LogP contribution in [-0.2, 0) is 4.74 Å². The molecule has 0 heterocycles. The van der Waals surface area contributed by atoms with Crippen molar-refractivity contribution in [1.82, 2.24) is 5.32 Å². The van der Waals surface area contributed by atoms with Gasteiger partial charge in [0.05, 0.1) is 25.3 Å². The first-order valence-electron chi connectivity index (χ1n) is 8.43. The number of benzene rings is 2. The largest absolute Gasteiger partial charge is 0.497 e. The Labute approximate surface area is 159 Å². The predicted octanol–water partition coefficient (Wildman–Crippen LogP) is 4.23. The lowest BCUT2D eigenvalue weighted by Gasteiger charge is -2.19. The predicted molar refractivity (Wildman–Crippen MR) is 108 cm³/mol. The highest BCUT2D eigenvalue weighted by Gasteiger charge is 2.11. The summed E-state index contributed by atoms with van der Waals surface area (Å²) in [5.41, 5.74) is 3.34. The van der Waals surface area contributed by atoms with Crippen molar-refractivity contribution in [3.63, 3.8) is 0 Å². The van der Waals surface area contributed by atoms with Crippen molar-refractivity contribution in [3.05, 3.63) is 59.2 Å². The Morgan fingerprint density at radius 2 is 1.88 bits per heavy atom. The lowest BCUT2D eigenvalue weighted by Crippen LogP contribution is -2.31. The maximum absolute atomic E-state index is 11.9. The molecule has 6 heteroatoms. The van der Waals surface area contributed by atoms with Crippen LogP contribution in [0.25, 0.3) is 0 Å². The van der Waals surface area contributed by atoms with Gasteiger partial charge in [0.25, 0.3) is 0 Å². The fraction of sp³-hybridized carbons (Fsp3) is 0.300.